The van der Waals surface area contributed by atoms with Gasteiger partial charge in [0.05, 0.1) is 39.8 Å². The Morgan fingerprint density at radius 2 is 1.53 bits per heavy atom. The minimum absolute atomic E-state index is 0.0405. The van der Waals surface area contributed by atoms with Crippen LogP contribution in [0.5, 0.6) is 23.0 Å². The number of H-pyrrole nitrogens is 1. The number of aromatic nitrogens is 2. The molecule has 2 amide bonds. The van der Waals surface area contributed by atoms with E-state index in [1.165, 1.54) is 28.8 Å². The molecule has 0 saturated carbocycles. The molecule has 8 N–H and O–H groups in total. The van der Waals surface area contributed by atoms with Crippen molar-refractivity contribution >= 4 is 55.4 Å². The van der Waals surface area contributed by atoms with E-state index in [2.05, 4.69) is 10.4 Å². The summed E-state index contributed by atoms with van der Waals surface area (Å²) in [6.45, 7) is -0.512. The molecule has 0 unspecified atom stereocenters. The topological polar surface area (TPSA) is 219 Å². The zero-order valence-corrected chi connectivity index (χ0v) is 25.3. The molecule has 4 aromatic carbocycles. The van der Waals surface area contributed by atoms with Crippen molar-refractivity contribution in [1.82, 2.24) is 20.0 Å². The third kappa shape index (κ3) is 4.11. The molecule has 15 nitrogen and oxygen atoms in total. The predicted octanol–water partition coefficient (Wildman–Crippen LogP) is 1.84. The highest BCUT2D eigenvalue weighted by molar-refractivity contribution is 6.39. The molecule has 1 fully saturated rings. The number of phenols is 2. The van der Waals surface area contributed by atoms with Crippen LogP contribution in [0.4, 0.5) is 0 Å². The Labute approximate surface area is 274 Å². The van der Waals surface area contributed by atoms with Gasteiger partial charge in [0.25, 0.3) is 11.8 Å². The van der Waals surface area contributed by atoms with E-state index < -0.39 is 49.1 Å². The molecule has 0 bridgehead atoms. The number of hydrazine groups is 1. The highest BCUT2D eigenvalue weighted by Crippen LogP contribution is 2.48. The monoisotopic (exact) mass is 668 g/mol. The van der Waals surface area contributed by atoms with Gasteiger partial charge in [-0.3, -0.25) is 9.59 Å². The number of benzene rings is 4. The number of rotatable bonds is 5. The van der Waals surface area contributed by atoms with Crippen LogP contribution in [0, 0.1) is 0 Å². The standard InChI is InChI=1S/C34H28N4O11/c39-11-22-29(42)30(43)31(44)34(49-22)37-19-9-15(41)3-5-17(19)24-26-25(23-16-4-2-14(40)8-18(16)36-27(23)28(24)37)32(45)38(33(26)46)35-10-13-1-6-20-21(7-13)48-12-47-20/h1-9,22,29-31,34-36,39-44H,10-12H2/t22-,29-,30+,31-,34-/m1/s1. The van der Waals surface area contributed by atoms with Gasteiger partial charge in [-0.15, -0.1) is 0 Å². The largest absolute Gasteiger partial charge is 0.508 e. The van der Waals surface area contributed by atoms with E-state index in [0.29, 0.717) is 44.3 Å². The zero-order chi connectivity index (χ0) is 33.9. The van der Waals surface area contributed by atoms with Crippen LogP contribution in [-0.2, 0) is 11.3 Å². The van der Waals surface area contributed by atoms with E-state index in [1.807, 2.05) is 0 Å². The average Bonchev–Trinajstić information content (AvgIpc) is 3.84. The maximum absolute atomic E-state index is 14.4. The highest BCUT2D eigenvalue weighted by Gasteiger charge is 2.47. The van der Waals surface area contributed by atoms with Crippen LogP contribution in [-0.4, -0.2) is 94.8 Å². The second-order valence-corrected chi connectivity index (χ2v) is 12.3. The number of imide groups is 1. The van der Waals surface area contributed by atoms with Gasteiger partial charge in [0.1, 0.15) is 35.9 Å². The first-order chi connectivity index (χ1) is 23.7. The normalized spacial score (nSPS) is 23.5. The quantitative estimate of drug-likeness (QED) is 0.123. The summed E-state index contributed by atoms with van der Waals surface area (Å²) in [7, 11) is 0. The van der Waals surface area contributed by atoms with Gasteiger partial charge in [-0.25, -0.2) is 10.4 Å². The Hall–Kier alpha value is -5.42. The molecule has 0 aliphatic carbocycles. The summed E-state index contributed by atoms with van der Waals surface area (Å²) in [5.41, 5.74) is 5.11. The number of aliphatic hydroxyl groups is 4. The fourth-order valence-corrected chi connectivity index (χ4v) is 7.34. The van der Waals surface area contributed by atoms with Crippen molar-refractivity contribution < 1.29 is 54.4 Å². The van der Waals surface area contributed by atoms with Gasteiger partial charge in [-0.05, 0) is 42.0 Å². The van der Waals surface area contributed by atoms with Crippen molar-refractivity contribution in [1.29, 1.82) is 0 Å². The van der Waals surface area contributed by atoms with E-state index in [0.717, 1.165) is 5.01 Å². The number of amides is 2. The Bertz CT molecular complexity index is 2400. The molecule has 15 heteroatoms. The van der Waals surface area contributed by atoms with Crippen LogP contribution in [0.2, 0.25) is 0 Å². The molecule has 5 atom stereocenters. The van der Waals surface area contributed by atoms with Crippen molar-refractivity contribution in [3.63, 3.8) is 0 Å². The number of aromatic hydroxyl groups is 2. The van der Waals surface area contributed by atoms with Gasteiger partial charge in [0, 0.05) is 40.2 Å². The van der Waals surface area contributed by atoms with Crippen LogP contribution < -0.4 is 14.9 Å². The molecule has 9 rings (SSSR count). The fraction of sp³-hybridized carbons (Fsp3) is 0.235. The molecular weight excluding hydrogens is 640 g/mol. The van der Waals surface area contributed by atoms with Gasteiger partial charge in [0.2, 0.25) is 6.79 Å². The van der Waals surface area contributed by atoms with Crippen LogP contribution in [0.3, 0.4) is 0 Å². The Morgan fingerprint density at radius 3 is 2.31 bits per heavy atom. The van der Waals surface area contributed by atoms with Crippen molar-refractivity contribution in [2.24, 2.45) is 0 Å². The van der Waals surface area contributed by atoms with Crippen molar-refractivity contribution in [2.75, 3.05) is 13.4 Å². The third-order valence-corrected chi connectivity index (χ3v) is 9.59. The fourth-order valence-electron chi connectivity index (χ4n) is 7.34. The van der Waals surface area contributed by atoms with Crippen molar-refractivity contribution in [3.05, 3.63) is 71.3 Å². The molecule has 5 heterocycles. The number of aliphatic hydroxyl groups excluding tert-OH is 4. The number of carbonyl (C=O) groups is 2. The van der Waals surface area contributed by atoms with Crippen LogP contribution in [0.1, 0.15) is 32.5 Å². The van der Waals surface area contributed by atoms with Gasteiger partial charge < -0.3 is 54.4 Å². The number of nitrogens with one attached hydrogen (secondary N) is 2. The predicted molar refractivity (Wildman–Crippen MR) is 171 cm³/mol. The lowest BCUT2D eigenvalue weighted by molar-refractivity contribution is -0.249. The number of carbonyl (C=O) groups excluding carboxylic acids is 2. The third-order valence-electron chi connectivity index (χ3n) is 9.59. The lowest BCUT2D eigenvalue weighted by atomic mass is 9.96. The van der Waals surface area contributed by atoms with E-state index in [9.17, 15) is 40.2 Å². The van der Waals surface area contributed by atoms with E-state index in [-0.39, 0.29) is 52.4 Å². The maximum Gasteiger partial charge on any atom is 0.276 e. The molecule has 49 heavy (non-hydrogen) atoms. The molecule has 0 spiro atoms. The van der Waals surface area contributed by atoms with Gasteiger partial charge >= 0.3 is 0 Å². The highest BCUT2D eigenvalue weighted by atomic mass is 16.7. The first-order valence-electron chi connectivity index (χ1n) is 15.4. The number of hydrogen-bond acceptors (Lipinski definition) is 12. The summed E-state index contributed by atoms with van der Waals surface area (Å²) in [4.78, 5) is 32.0. The Kier molecular flexibility index (Phi) is 6.39. The SMILES string of the molecule is O=C1c2c(c3c4ccc(O)cc4n([C@@H]4O[C@H](CO)[C@@H](O)[C@H](O)[C@H]4O)c3c3[nH]c4cc(O)ccc4c23)C(=O)N1NCc1ccc2c(c1)OCO2. The second kappa shape index (κ2) is 10.5. The Morgan fingerprint density at radius 1 is 0.816 bits per heavy atom. The lowest BCUT2D eigenvalue weighted by Gasteiger charge is -2.41. The summed E-state index contributed by atoms with van der Waals surface area (Å²) in [5.74, 6) is -0.389. The smallest absolute Gasteiger partial charge is 0.276 e. The van der Waals surface area contributed by atoms with E-state index >= 15 is 0 Å². The van der Waals surface area contributed by atoms with Crippen LogP contribution in [0.15, 0.2) is 54.6 Å². The summed E-state index contributed by atoms with van der Waals surface area (Å²) < 4.78 is 18.3. The number of ether oxygens (including phenoxy) is 3. The average molecular weight is 669 g/mol. The Balaban J connectivity index is 1.31. The van der Waals surface area contributed by atoms with Crippen molar-refractivity contribution in [3.8, 4) is 23.0 Å². The summed E-state index contributed by atoms with van der Waals surface area (Å²) >= 11 is 0. The van der Waals surface area contributed by atoms with E-state index in [1.54, 1.807) is 30.3 Å². The first kappa shape index (κ1) is 29.7. The molecular formula is C34H28N4O11. The molecule has 6 aromatic rings. The van der Waals surface area contributed by atoms with Crippen LogP contribution in [0.25, 0.3) is 43.6 Å². The van der Waals surface area contributed by atoms with Crippen LogP contribution >= 0.6 is 0 Å². The first-order valence-corrected chi connectivity index (χ1v) is 15.4. The maximum atomic E-state index is 14.4. The number of nitrogens with zero attached hydrogens (tertiary/aromatic N) is 2. The summed E-state index contributed by atoms with van der Waals surface area (Å²) in [5, 5.41) is 66.1. The van der Waals surface area contributed by atoms with Gasteiger partial charge in [-0.1, -0.05) is 6.07 Å². The zero-order valence-electron chi connectivity index (χ0n) is 25.3. The molecule has 3 aliphatic rings. The number of phenolic OH excluding ortho intramolecular Hbond substituents is 2. The molecule has 250 valence electrons. The lowest BCUT2D eigenvalue weighted by Crippen LogP contribution is -2.56. The number of aromatic amines is 1. The van der Waals surface area contributed by atoms with E-state index in [4.69, 9.17) is 14.2 Å². The summed E-state index contributed by atoms with van der Waals surface area (Å²) in [6.07, 6.45) is -7.80. The molecule has 3 aliphatic heterocycles. The minimum Gasteiger partial charge on any atom is -0.508 e. The minimum atomic E-state index is -1.73. The van der Waals surface area contributed by atoms with Crippen molar-refractivity contribution in [2.45, 2.75) is 37.2 Å². The molecule has 2 aromatic heterocycles. The second-order valence-electron chi connectivity index (χ2n) is 12.3. The van der Waals surface area contributed by atoms with Gasteiger partial charge in [0.15, 0.2) is 17.7 Å². The molecule has 0 radical (unpaired) electrons. The van der Waals surface area contributed by atoms with Gasteiger partial charge in [-0.2, -0.15) is 0 Å². The number of fused-ring (bicyclic) bond motifs is 11. The molecule has 1 saturated heterocycles. The number of hydrogen-bond donors (Lipinski definition) is 8. The summed E-state index contributed by atoms with van der Waals surface area (Å²) in [6, 6.07) is 14.2.